The Kier molecular flexibility index (Phi) is 13.8. The minimum absolute atomic E-state index is 0.750. The first-order chi connectivity index (χ1) is 5.31. The molecule has 0 radical (unpaired) electrons. The molecule has 0 saturated carbocycles. The molecule has 1 rings (SSSR count). The molecule has 0 aromatic carbocycles. The van der Waals surface area contributed by atoms with Crippen LogP contribution >= 0.6 is 0 Å². The van der Waals surface area contributed by atoms with Gasteiger partial charge in [-0.2, -0.15) is 0 Å². The van der Waals surface area contributed by atoms with E-state index in [0.29, 0.717) is 0 Å². The minimum Gasteiger partial charge on any atom is -0.304 e. The van der Waals surface area contributed by atoms with Gasteiger partial charge in [0.1, 0.15) is 6.29 Å². The summed E-state index contributed by atoms with van der Waals surface area (Å²) in [6.07, 6.45) is 8.31. The Morgan fingerprint density at radius 2 is 1.91 bits per heavy atom. The van der Waals surface area contributed by atoms with Gasteiger partial charge in [0.25, 0.3) is 0 Å². The van der Waals surface area contributed by atoms with Crippen LogP contribution in [0.1, 0.15) is 34.1 Å². The maximum Gasteiger partial charge on any atom is 0.116 e. The summed E-state index contributed by atoms with van der Waals surface area (Å²) in [5.74, 6) is 0. The van der Waals surface area contributed by atoms with E-state index >= 15 is 0 Å². The zero-order valence-electron chi connectivity index (χ0n) is 7.92. The van der Waals surface area contributed by atoms with Gasteiger partial charge in [-0.1, -0.05) is 37.6 Å². The molecule has 64 valence electrons. The minimum atomic E-state index is 0.750. The summed E-state index contributed by atoms with van der Waals surface area (Å²) >= 11 is 0. The molecule has 0 spiro atoms. The van der Waals surface area contributed by atoms with Crippen LogP contribution in [0.2, 0.25) is 0 Å². The molecule has 0 bridgehead atoms. The summed E-state index contributed by atoms with van der Waals surface area (Å²) in [5, 5.41) is 0. The van der Waals surface area contributed by atoms with Crippen molar-refractivity contribution in [2.45, 2.75) is 34.1 Å². The molecule has 0 amide bonds. The summed E-state index contributed by atoms with van der Waals surface area (Å²) in [6.45, 7) is 7.58. The third-order valence-corrected chi connectivity index (χ3v) is 0.957. The third kappa shape index (κ3) is 12.4. The van der Waals surface area contributed by atoms with Gasteiger partial charge in [-0.05, 0) is 20.3 Å². The predicted molar refractivity (Wildman–Crippen MR) is 50.6 cm³/mol. The fourth-order valence-electron chi connectivity index (χ4n) is 0.554. The van der Waals surface area contributed by atoms with E-state index in [4.69, 9.17) is 4.79 Å². The van der Waals surface area contributed by atoms with Gasteiger partial charge in [0.05, 0.1) is 0 Å². The number of rotatable bonds is 0. The van der Waals surface area contributed by atoms with Crippen LogP contribution < -0.4 is 0 Å². The first kappa shape index (κ1) is 12.8. The standard InChI is InChI=1S/C6H8.C2H4O.C2H6/c1-6-4-2-3-5-6;1-2-3;1-2/h2-4H,5H2,1H3;2H,1H3;1-2H3. The Morgan fingerprint density at radius 1 is 1.45 bits per heavy atom. The van der Waals surface area contributed by atoms with Gasteiger partial charge < -0.3 is 4.79 Å². The first-order valence-electron chi connectivity index (χ1n) is 4.03. The molecule has 1 aliphatic carbocycles. The highest BCUT2D eigenvalue weighted by Gasteiger charge is 1.86. The van der Waals surface area contributed by atoms with Crippen molar-refractivity contribution in [2.75, 3.05) is 0 Å². The summed E-state index contributed by atoms with van der Waals surface area (Å²) in [6, 6.07) is 0. The van der Waals surface area contributed by atoms with Crippen molar-refractivity contribution in [2.24, 2.45) is 0 Å². The summed E-state index contributed by atoms with van der Waals surface area (Å²) in [7, 11) is 0. The highest BCUT2D eigenvalue weighted by atomic mass is 16.1. The van der Waals surface area contributed by atoms with E-state index in [2.05, 4.69) is 25.2 Å². The molecule has 0 fully saturated rings. The maximum atomic E-state index is 8.81. The van der Waals surface area contributed by atoms with Gasteiger partial charge in [-0.15, -0.1) is 0 Å². The lowest BCUT2D eigenvalue weighted by Crippen LogP contribution is -1.58. The smallest absolute Gasteiger partial charge is 0.116 e. The van der Waals surface area contributed by atoms with Gasteiger partial charge in [-0.25, -0.2) is 0 Å². The molecule has 1 heteroatoms. The number of carbonyl (C=O) groups is 1. The lowest BCUT2D eigenvalue weighted by Gasteiger charge is -1.78. The predicted octanol–water partition coefficient (Wildman–Crippen LogP) is 3.12. The average Bonchev–Trinajstić information content (AvgIpc) is 2.46. The van der Waals surface area contributed by atoms with Crippen LogP contribution in [0.25, 0.3) is 0 Å². The zero-order valence-corrected chi connectivity index (χ0v) is 7.92. The molecule has 0 atom stereocenters. The highest BCUT2D eigenvalue weighted by Crippen LogP contribution is 2.06. The SMILES string of the molecule is CC.CC1=CC=CC1.CC=O. The fraction of sp³-hybridized carbons (Fsp3) is 0.500. The van der Waals surface area contributed by atoms with Gasteiger partial charge in [0.15, 0.2) is 0 Å². The van der Waals surface area contributed by atoms with Crippen molar-refractivity contribution >= 4 is 6.29 Å². The first-order valence-corrected chi connectivity index (χ1v) is 4.03. The molecule has 0 N–H and O–H groups in total. The quantitative estimate of drug-likeness (QED) is 0.490. The lowest BCUT2D eigenvalue weighted by atomic mass is 10.3. The van der Waals surface area contributed by atoms with Crippen molar-refractivity contribution in [3.8, 4) is 0 Å². The van der Waals surface area contributed by atoms with Crippen LogP contribution in [0.3, 0.4) is 0 Å². The lowest BCUT2D eigenvalue weighted by molar-refractivity contribution is -0.106. The second-order valence-corrected chi connectivity index (χ2v) is 1.88. The van der Waals surface area contributed by atoms with Gasteiger partial charge in [0, 0.05) is 0 Å². The van der Waals surface area contributed by atoms with Crippen molar-refractivity contribution in [1.29, 1.82) is 0 Å². The van der Waals surface area contributed by atoms with Crippen LogP contribution in [-0.2, 0) is 4.79 Å². The monoisotopic (exact) mass is 154 g/mol. The van der Waals surface area contributed by atoms with Gasteiger partial charge in [-0.3, -0.25) is 0 Å². The number of hydrogen-bond donors (Lipinski definition) is 0. The number of hydrogen-bond acceptors (Lipinski definition) is 1. The van der Waals surface area contributed by atoms with Crippen LogP contribution in [-0.4, -0.2) is 6.29 Å². The van der Waals surface area contributed by atoms with Crippen LogP contribution in [0.15, 0.2) is 23.8 Å². The highest BCUT2D eigenvalue weighted by molar-refractivity contribution is 5.44. The largest absolute Gasteiger partial charge is 0.304 e. The number of allylic oxidation sites excluding steroid dienone is 4. The van der Waals surface area contributed by atoms with E-state index in [1.54, 1.807) is 0 Å². The molecule has 0 saturated heterocycles. The summed E-state index contributed by atoms with van der Waals surface area (Å²) < 4.78 is 0. The number of aldehydes is 1. The molecule has 1 nitrogen and oxygen atoms in total. The third-order valence-electron chi connectivity index (χ3n) is 0.957. The van der Waals surface area contributed by atoms with Crippen molar-refractivity contribution in [3.05, 3.63) is 23.8 Å². The molecule has 0 unspecified atom stereocenters. The normalized spacial score (nSPS) is 11.8. The zero-order chi connectivity index (χ0) is 9.11. The number of carbonyl (C=O) groups excluding carboxylic acids is 1. The molecular formula is C10H18O. The molecule has 0 aliphatic heterocycles. The van der Waals surface area contributed by atoms with E-state index in [0.717, 1.165) is 6.29 Å². The summed E-state index contributed by atoms with van der Waals surface area (Å²) in [4.78, 5) is 8.81. The Morgan fingerprint density at radius 3 is 2.00 bits per heavy atom. The van der Waals surface area contributed by atoms with E-state index in [-0.39, 0.29) is 0 Å². The van der Waals surface area contributed by atoms with Gasteiger partial charge >= 0.3 is 0 Å². The Balaban J connectivity index is 0. The second-order valence-electron chi connectivity index (χ2n) is 1.88. The topological polar surface area (TPSA) is 17.1 Å². The second kappa shape index (κ2) is 11.9. The van der Waals surface area contributed by atoms with Crippen LogP contribution in [0.5, 0.6) is 0 Å². The van der Waals surface area contributed by atoms with Crippen molar-refractivity contribution < 1.29 is 4.79 Å². The molecule has 0 heterocycles. The Labute approximate surface area is 69.8 Å². The maximum absolute atomic E-state index is 8.81. The molecule has 1 aliphatic rings. The molecular weight excluding hydrogens is 136 g/mol. The van der Waals surface area contributed by atoms with Crippen molar-refractivity contribution in [3.63, 3.8) is 0 Å². The molecule has 11 heavy (non-hydrogen) atoms. The van der Waals surface area contributed by atoms with Crippen LogP contribution in [0, 0.1) is 0 Å². The molecule has 0 aromatic rings. The molecule has 0 aromatic heterocycles. The van der Waals surface area contributed by atoms with E-state index in [1.807, 2.05) is 13.8 Å². The fourth-order valence-corrected chi connectivity index (χ4v) is 0.554. The summed E-state index contributed by atoms with van der Waals surface area (Å²) in [5.41, 5.74) is 1.47. The Hall–Kier alpha value is -0.850. The average molecular weight is 154 g/mol. The van der Waals surface area contributed by atoms with E-state index in [1.165, 1.54) is 18.9 Å². The Bertz CT molecular complexity index is 132. The van der Waals surface area contributed by atoms with Crippen molar-refractivity contribution in [1.82, 2.24) is 0 Å². The van der Waals surface area contributed by atoms with E-state index < -0.39 is 0 Å². The van der Waals surface area contributed by atoms with Gasteiger partial charge in [0.2, 0.25) is 0 Å². The van der Waals surface area contributed by atoms with E-state index in [9.17, 15) is 0 Å². The van der Waals surface area contributed by atoms with Crippen LogP contribution in [0.4, 0.5) is 0 Å².